The predicted octanol–water partition coefficient (Wildman–Crippen LogP) is 8.13. The fourth-order valence-corrected chi connectivity index (χ4v) is 7.48. The van der Waals surface area contributed by atoms with E-state index in [1.807, 2.05) is 11.3 Å². The molecule has 0 aliphatic carbocycles. The summed E-state index contributed by atoms with van der Waals surface area (Å²) in [4.78, 5) is 10.4. The Morgan fingerprint density at radius 3 is 2.31 bits per heavy atom. The van der Waals surface area contributed by atoms with E-state index in [0.717, 1.165) is 41.2 Å². The summed E-state index contributed by atoms with van der Waals surface area (Å²) in [6, 6.07) is 38.8. The lowest BCUT2D eigenvalue weighted by Gasteiger charge is -2.18. The van der Waals surface area contributed by atoms with Gasteiger partial charge in [0.05, 0.1) is 27.9 Å². The summed E-state index contributed by atoms with van der Waals surface area (Å²) >= 11 is 1.89. The van der Waals surface area contributed by atoms with Gasteiger partial charge in [-0.1, -0.05) is 54.6 Å². The van der Waals surface area contributed by atoms with Crippen LogP contribution in [-0.4, -0.2) is 25.1 Å². The smallest absolute Gasteiger partial charge is 0.221 e. The highest BCUT2D eigenvalue weighted by Gasteiger charge is 2.30. The highest BCUT2D eigenvalue weighted by molar-refractivity contribution is 7.19. The number of anilines is 2. The number of imidazole rings is 2. The third-order valence-electron chi connectivity index (χ3n) is 7.96. The van der Waals surface area contributed by atoms with Gasteiger partial charge < -0.3 is 9.47 Å². The number of aromatic nitrogens is 4. The zero-order valence-electron chi connectivity index (χ0n) is 21.0. The molecule has 0 atom stereocenters. The van der Waals surface area contributed by atoms with Gasteiger partial charge in [0.1, 0.15) is 10.3 Å². The van der Waals surface area contributed by atoms with E-state index in [1.165, 1.54) is 37.5 Å². The van der Waals surface area contributed by atoms with E-state index in [4.69, 9.17) is 4.98 Å². The number of para-hydroxylation sites is 4. The van der Waals surface area contributed by atoms with Crippen molar-refractivity contribution < 1.29 is 0 Å². The molecule has 1 aliphatic heterocycles. The van der Waals surface area contributed by atoms with E-state index in [9.17, 15) is 0 Å². The average Bonchev–Trinajstić information content (AvgIpc) is 3.78. The molecule has 0 spiro atoms. The summed E-state index contributed by atoms with van der Waals surface area (Å²) in [5.74, 6) is 0.953. The van der Waals surface area contributed by atoms with E-state index in [-0.39, 0.29) is 0 Å². The summed E-state index contributed by atoms with van der Waals surface area (Å²) in [7, 11) is 0. The lowest BCUT2D eigenvalue weighted by Crippen LogP contribution is -2.13. The molecule has 0 N–H and O–H groups in total. The van der Waals surface area contributed by atoms with Crippen LogP contribution in [0.5, 0.6) is 0 Å². The van der Waals surface area contributed by atoms with E-state index in [1.54, 1.807) is 0 Å². The first kappa shape index (κ1) is 21.2. The maximum absolute atomic E-state index is 5.37. The Morgan fingerprint density at radius 2 is 1.41 bits per heavy atom. The van der Waals surface area contributed by atoms with Crippen LogP contribution in [-0.2, 0) is 6.42 Å². The Balaban J connectivity index is 1.29. The molecule has 0 unspecified atom stereocenters. The summed E-state index contributed by atoms with van der Waals surface area (Å²) in [5.41, 5.74) is 9.37. The molecule has 0 amide bonds. The topological polar surface area (TPSA) is 30.4 Å². The molecule has 0 saturated carbocycles. The Hall–Kier alpha value is -4.81. The van der Waals surface area contributed by atoms with Crippen LogP contribution >= 0.6 is 11.3 Å². The minimum atomic E-state index is 0.953. The third-order valence-corrected chi connectivity index (χ3v) is 9.17. The van der Waals surface area contributed by atoms with Crippen molar-refractivity contribution in [3.8, 4) is 11.4 Å². The molecule has 9 rings (SSSR count). The first-order valence-electron chi connectivity index (χ1n) is 13.3. The number of benzene rings is 4. The van der Waals surface area contributed by atoms with Crippen LogP contribution in [0, 0.1) is 0 Å². The largest absolute Gasteiger partial charge is 0.338 e. The van der Waals surface area contributed by atoms with Crippen LogP contribution in [0.3, 0.4) is 0 Å². The second kappa shape index (κ2) is 7.85. The van der Waals surface area contributed by atoms with Gasteiger partial charge in [0.2, 0.25) is 5.78 Å². The maximum Gasteiger partial charge on any atom is 0.221 e. The molecule has 8 aromatic rings. The molecule has 0 radical (unpaired) electrons. The summed E-state index contributed by atoms with van der Waals surface area (Å²) in [6.07, 6.45) is 3.21. The van der Waals surface area contributed by atoms with Gasteiger partial charge in [-0.2, -0.15) is 0 Å². The Kier molecular flexibility index (Phi) is 4.26. The zero-order valence-corrected chi connectivity index (χ0v) is 21.8. The minimum Gasteiger partial charge on any atom is -0.338 e. The summed E-state index contributed by atoms with van der Waals surface area (Å²) in [5, 5.41) is 1.24. The van der Waals surface area contributed by atoms with Gasteiger partial charge in [0.15, 0.2) is 0 Å². The molecule has 1 aliphatic rings. The van der Waals surface area contributed by atoms with E-state index in [0.29, 0.717) is 0 Å². The average molecular weight is 522 g/mol. The van der Waals surface area contributed by atoms with Crippen molar-refractivity contribution in [3.63, 3.8) is 0 Å². The van der Waals surface area contributed by atoms with Crippen molar-refractivity contribution in [1.82, 2.24) is 18.5 Å². The van der Waals surface area contributed by atoms with Crippen LogP contribution in [0.25, 0.3) is 49.4 Å². The van der Waals surface area contributed by atoms with Crippen molar-refractivity contribution in [2.24, 2.45) is 0 Å². The Bertz CT molecular complexity index is 2190. The lowest BCUT2D eigenvalue weighted by molar-refractivity contribution is 1.00. The zero-order chi connectivity index (χ0) is 25.5. The van der Waals surface area contributed by atoms with Crippen molar-refractivity contribution >= 4 is 60.8 Å². The molecule has 0 bridgehead atoms. The SMILES string of the molecule is c1ccc(N2CCc3sc4c(nc5n(-c6cccc(-n7ccc8ccccc87)c6)c6ccccc6n45)c32)cc1. The van der Waals surface area contributed by atoms with Crippen molar-refractivity contribution in [2.45, 2.75) is 6.42 Å². The fourth-order valence-electron chi connectivity index (χ4n) is 6.24. The Morgan fingerprint density at radius 1 is 0.667 bits per heavy atom. The highest BCUT2D eigenvalue weighted by Crippen LogP contribution is 2.46. The molecule has 4 aromatic heterocycles. The molecule has 186 valence electrons. The molecular formula is C33H23N5S. The molecule has 6 heteroatoms. The van der Waals surface area contributed by atoms with Crippen molar-refractivity contribution in [1.29, 1.82) is 0 Å². The maximum atomic E-state index is 5.37. The monoisotopic (exact) mass is 521 g/mol. The van der Waals surface area contributed by atoms with Gasteiger partial charge in [-0.15, -0.1) is 11.3 Å². The second-order valence-corrected chi connectivity index (χ2v) is 11.2. The van der Waals surface area contributed by atoms with Crippen LogP contribution in [0.1, 0.15) is 4.88 Å². The van der Waals surface area contributed by atoms with Crippen LogP contribution in [0.2, 0.25) is 0 Å². The van der Waals surface area contributed by atoms with Crippen LogP contribution in [0.15, 0.2) is 115 Å². The second-order valence-electron chi connectivity index (χ2n) is 10.1. The van der Waals surface area contributed by atoms with Gasteiger partial charge in [-0.3, -0.25) is 8.97 Å². The molecule has 4 aromatic carbocycles. The lowest BCUT2D eigenvalue weighted by atomic mass is 10.2. The molecule has 0 fully saturated rings. The van der Waals surface area contributed by atoms with Crippen molar-refractivity contribution in [2.75, 3.05) is 11.4 Å². The normalized spacial score (nSPS) is 13.4. The third kappa shape index (κ3) is 2.92. The van der Waals surface area contributed by atoms with Gasteiger partial charge in [0, 0.05) is 35.4 Å². The molecule has 0 saturated heterocycles. The number of hydrogen-bond donors (Lipinski definition) is 0. The van der Waals surface area contributed by atoms with Gasteiger partial charge in [0.25, 0.3) is 0 Å². The Labute approximate surface area is 228 Å². The van der Waals surface area contributed by atoms with Gasteiger partial charge in [-0.05, 0) is 60.0 Å². The van der Waals surface area contributed by atoms with E-state index >= 15 is 0 Å². The number of rotatable bonds is 3. The number of hydrogen-bond acceptors (Lipinski definition) is 3. The van der Waals surface area contributed by atoms with E-state index in [2.05, 4.69) is 134 Å². The van der Waals surface area contributed by atoms with Gasteiger partial charge in [-0.25, -0.2) is 4.98 Å². The number of thiophene rings is 1. The molecule has 5 heterocycles. The van der Waals surface area contributed by atoms with Crippen LogP contribution < -0.4 is 4.90 Å². The van der Waals surface area contributed by atoms with Crippen LogP contribution in [0.4, 0.5) is 11.4 Å². The first-order valence-corrected chi connectivity index (χ1v) is 14.1. The molecule has 5 nitrogen and oxygen atoms in total. The predicted molar refractivity (Wildman–Crippen MR) is 161 cm³/mol. The number of fused-ring (bicyclic) bond motifs is 8. The van der Waals surface area contributed by atoms with Gasteiger partial charge >= 0.3 is 0 Å². The highest BCUT2D eigenvalue weighted by atomic mass is 32.1. The van der Waals surface area contributed by atoms with Crippen molar-refractivity contribution in [3.05, 3.63) is 120 Å². The quantitative estimate of drug-likeness (QED) is 0.235. The molecule has 39 heavy (non-hydrogen) atoms. The standard InChI is InChI=1S/C33H23N5S/c1-2-10-23(11-3-1)36-20-18-29-31(36)30-32(39-29)38-28-16-7-6-15-27(28)37(33(38)34-30)25-13-8-12-24(21-25)35-19-17-22-9-4-5-14-26(22)35/h1-17,19,21H,18,20H2. The fraction of sp³-hybridized carbons (Fsp3) is 0.0606. The summed E-state index contributed by atoms with van der Waals surface area (Å²) in [6.45, 7) is 0.997. The number of nitrogens with zero attached hydrogens (tertiary/aromatic N) is 5. The molecular weight excluding hydrogens is 498 g/mol. The minimum absolute atomic E-state index is 0.953. The first-order chi connectivity index (χ1) is 19.3. The summed E-state index contributed by atoms with van der Waals surface area (Å²) < 4.78 is 6.93. The van der Waals surface area contributed by atoms with E-state index < -0.39 is 0 Å².